The van der Waals surface area contributed by atoms with Gasteiger partial charge in [-0.15, -0.1) is 0 Å². The highest BCUT2D eigenvalue weighted by atomic mass is 16.1. The second-order valence-corrected chi connectivity index (χ2v) is 5.27. The summed E-state index contributed by atoms with van der Waals surface area (Å²) in [5.74, 6) is 0.0279. The Morgan fingerprint density at radius 2 is 2.11 bits per heavy atom. The van der Waals surface area contributed by atoms with E-state index in [0.717, 1.165) is 6.42 Å². The van der Waals surface area contributed by atoms with Crippen molar-refractivity contribution in [3.63, 3.8) is 0 Å². The SMILES string of the molecule is Cc1cccc(CCC(=O)C(C#N)CC(C)C)c1. The van der Waals surface area contributed by atoms with Gasteiger partial charge < -0.3 is 0 Å². The van der Waals surface area contributed by atoms with Crippen molar-refractivity contribution in [3.8, 4) is 6.07 Å². The van der Waals surface area contributed by atoms with Crippen molar-refractivity contribution in [2.75, 3.05) is 0 Å². The van der Waals surface area contributed by atoms with Gasteiger partial charge in [0.05, 0.1) is 6.07 Å². The summed E-state index contributed by atoms with van der Waals surface area (Å²) in [6.07, 6.45) is 1.87. The Labute approximate surface area is 110 Å². The summed E-state index contributed by atoms with van der Waals surface area (Å²) in [6, 6.07) is 10.3. The van der Waals surface area contributed by atoms with Crippen LogP contribution in [-0.4, -0.2) is 5.78 Å². The molecule has 1 unspecified atom stereocenters. The van der Waals surface area contributed by atoms with Crippen LogP contribution in [0.1, 0.15) is 37.8 Å². The number of hydrogen-bond acceptors (Lipinski definition) is 2. The Hall–Kier alpha value is -1.62. The van der Waals surface area contributed by atoms with E-state index in [1.165, 1.54) is 11.1 Å². The molecule has 0 aliphatic rings. The molecule has 0 radical (unpaired) electrons. The maximum Gasteiger partial charge on any atom is 0.150 e. The third kappa shape index (κ3) is 4.71. The molecule has 2 heteroatoms. The van der Waals surface area contributed by atoms with E-state index in [9.17, 15) is 4.79 Å². The summed E-state index contributed by atoms with van der Waals surface area (Å²) in [6.45, 7) is 6.12. The van der Waals surface area contributed by atoms with E-state index in [0.29, 0.717) is 18.8 Å². The fraction of sp³-hybridized carbons (Fsp3) is 0.500. The van der Waals surface area contributed by atoms with Gasteiger partial charge in [0.15, 0.2) is 0 Å². The number of benzene rings is 1. The Morgan fingerprint density at radius 1 is 1.39 bits per heavy atom. The molecule has 0 aliphatic heterocycles. The molecule has 0 amide bonds. The van der Waals surface area contributed by atoms with Crippen molar-refractivity contribution in [1.82, 2.24) is 0 Å². The Bertz CT molecular complexity index is 443. The summed E-state index contributed by atoms with van der Waals surface area (Å²) >= 11 is 0. The van der Waals surface area contributed by atoms with E-state index in [4.69, 9.17) is 5.26 Å². The van der Waals surface area contributed by atoms with Crippen LogP contribution in [-0.2, 0) is 11.2 Å². The van der Waals surface area contributed by atoms with Crippen LogP contribution in [0.4, 0.5) is 0 Å². The number of carbonyl (C=O) groups excluding carboxylic acids is 1. The van der Waals surface area contributed by atoms with Gasteiger partial charge in [-0.05, 0) is 31.2 Å². The molecule has 0 saturated carbocycles. The molecule has 0 aromatic heterocycles. The van der Waals surface area contributed by atoms with Crippen LogP contribution in [0.5, 0.6) is 0 Å². The molecule has 1 aromatic rings. The van der Waals surface area contributed by atoms with E-state index < -0.39 is 5.92 Å². The van der Waals surface area contributed by atoms with Crippen LogP contribution in [0.15, 0.2) is 24.3 Å². The summed E-state index contributed by atoms with van der Waals surface area (Å²) in [5, 5.41) is 9.02. The first-order chi connectivity index (χ1) is 8.52. The summed E-state index contributed by atoms with van der Waals surface area (Å²) < 4.78 is 0. The minimum atomic E-state index is -0.435. The molecule has 1 atom stereocenters. The minimum absolute atomic E-state index is 0.0766. The lowest BCUT2D eigenvalue weighted by Crippen LogP contribution is -2.15. The third-order valence-electron chi connectivity index (χ3n) is 2.99. The summed E-state index contributed by atoms with van der Waals surface area (Å²) in [4.78, 5) is 11.9. The Balaban J connectivity index is 2.52. The lowest BCUT2D eigenvalue weighted by atomic mass is 9.91. The van der Waals surface area contributed by atoms with Crippen LogP contribution in [0.3, 0.4) is 0 Å². The van der Waals surface area contributed by atoms with Crippen LogP contribution in [0, 0.1) is 30.1 Å². The highest BCUT2D eigenvalue weighted by Crippen LogP contribution is 2.15. The lowest BCUT2D eigenvalue weighted by molar-refractivity contribution is -0.121. The number of nitrogens with zero attached hydrogens (tertiary/aromatic N) is 1. The first kappa shape index (κ1) is 14.4. The average molecular weight is 243 g/mol. The molecule has 0 N–H and O–H groups in total. The zero-order valence-electron chi connectivity index (χ0n) is 11.4. The quantitative estimate of drug-likeness (QED) is 0.764. The predicted molar refractivity (Wildman–Crippen MR) is 73.1 cm³/mol. The van der Waals surface area contributed by atoms with Crippen LogP contribution in [0.2, 0.25) is 0 Å². The number of nitriles is 1. The molecule has 2 nitrogen and oxygen atoms in total. The maximum atomic E-state index is 11.9. The normalized spacial score (nSPS) is 12.2. The molecule has 96 valence electrons. The van der Waals surface area contributed by atoms with Crippen molar-refractivity contribution in [3.05, 3.63) is 35.4 Å². The Morgan fingerprint density at radius 3 is 2.67 bits per heavy atom. The second-order valence-electron chi connectivity index (χ2n) is 5.27. The third-order valence-corrected chi connectivity index (χ3v) is 2.99. The van der Waals surface area contributed by atoms with Crippen molar-refractivity contribution >= 4 is 5.78 Å². The summed E-state index contributed by atoms with van der Waals surface area (Å²) in [5.41, 5.74) is 2.38. The molecule has 0 bridgehead atoms. The number of carbonyl (C=O) groups is 1. The number of rotatable bonds is 6. The smallest absolute Gasteiger partial charge is 0.150 e. The highest BCUT2D eigenvalue weighted by molar-refractivity contribution is 5.83. The molecule has 1 rings (SSSR count). The highest BCUT2D eigenvalue weighted by Gasteiger charge is 2.18. The van der Waals surface area contributed by atoms with E-state index in [1.54, 1.807) is 0 Å². The van der Waals surface area contributed by atoms with Gasteiger partial charge in [0, 0.05) is 6.42 Å². The topological polar surface area (TPSA) is 40.9 Å². The number of Topliss-reactive ketones (excluding diaryl/α,β-unsaturated/α-hetero) is 1. The fourth-order valence-corrected chi connectivity index (χ4v) is 2.04. The first-order valence-electron chi connectivity index (χ1n) is 6.50. The molecule has 0 heterocycles. The predicted octanol–water partition coefficient (Wildman–Crippen LogP) is 3.68. The Kier molecular flexibility index (Phi) is 5.58. The van der Waals surface area contributed by atoms with Crippen LogP contribution < -0.4 is 0 Å². The van der Waals surface area contributed by atoms with Crippen LogP contribution >= 0.6 is 0 Å². The van der Waals surface area contributed by atoms with Gasteiger partial charge in [-0.25, -0.2) is 0 Å². The van der Waals surface area contributed by atoms with Gasteiger partial charge in [-0.2, -0.15) is 5.26 Å². The molecular formula is C16H21NO. The number of hydrogen-bond donors (Lipinski definition) is 0. The zero-order chi connectivity index (χ0) is 13.5. The van der Waals surface area contributed by atoms with E-state index in [-0.39, 0.29) is 5.78 Å². The van der Waals surface area contributed by atoms with Crippen molar-refractivity contribution in [2.24, 2.45) is 11.8 Å². The van der Waals surface area contributed by atoms with Crippen molar-refractivity contribution in [1.29, 1.82) is 5.26 Å². The minimum Gasteiger partial charge on any atom is -0.298 e. The van der Waals surface area contributed by atoms with Gasteiger partial charge in [-0.1, -0.05) is 43.7 Å². The molecule has 0 saturated heterocycles. The van der Waals surface area contributed by atoms with Crippen LogP contribution in [0.25, 0.3) is 0 Å². The van der Waals surface area contributed by atoms with Gasteiger partial charge in [0.2, 0.25) is 0 Å². The number of ketones is 1. The standard InChI is InChI=1S/C16H21NO/c1-12(2)9-15(11-17)16(18)8-7-14-6-4-5-13(3)10-14/h4-6,10,12,15H,7-9H2,1-3H3. The first-order valence-corrected chi connectivity index (χ1v) is 6.50. The fourth-order valence-electron chi connectivity index (χ4n) is 2.04. The molecule has 1 aromatic carbocycles. The molecule has 0 fully saturated rings. The molecular weight excluding hydrogens is 222 g/mol. The molecule has 0 aliphatic carbocycles. The van der Waals surface area contributed by atoms with Crippen molar-refractivity contribution < 1.29 is 4.79 Å². The van der Waals surface area contributed by atoms with Gasteiger partial charge >= 0.3 is 0 Å². The molecule has 18 heavy (non-hydrogen) atoms. The largest absolute Gasteiger partial charge is 0.298 e. The van der Waals surface area contributed by atoms with Gasteiger partial charge in [-0.3, -0.25) is 4.79 Å². The molecule has 0 spiro atoms. The second kappa shape index (κ2) is 6.96. The van der Waals surface area contributed by atoms with Gasteiger partial charge in [0.25, 0.3) is 0 Å². The van der Waals surface area contributed by atoms with Gasteiger partial charge in [0.1, 0.15) is 11.7 Å². The lowest BCUT2D eigenvalue weighted by Gasteiger charge is -2.10. The maximum absolute atomic E-state index is 11.9. The zero-order valence-corrected chi connectivity index (χ0v) is 11.4. The van der Waals surface area contributed by atoms with Crippen molar-refractivity contribution in [2.45, 2.75) is 40.0 Å². The number of aryl methyl sites for hydroxylation is 2. The monoisotopic (exact) mass is 243 g/mol. The van der Waals surface area contributed by atoms with E-state index in [1.807, 2.05) is 39.0 Å². The summed E-state index contributed by atoms with van der Waals surface area (Å²) in [7, 11) is 0. The van der Waals surface area contributed by atoms with E-state index in [2.05, 4.69) is 12.1 Å². The van der Waals surface area contributed by atoms with E-state index >= 15 is 0 Å². The average Bonchev–Trinajstić information content (AvgIpc) is 2.33.